The fourth-order valence-corrected chi connectivity index (χ4v) is 3.87. The van der Waals surface area contributed by atoms with Crippen LogP contribution in [0.25, 0.3) is 0 Å². The Kier molecular flexibility index (Phi) is 6.03. The molecule has 0 N–H and O–H groups in total. The Balaban J connectivity index is 1.48. The van der Waals surface area contributed by atoms with Gasteiger partial charge < -0.3 is 14.4 Å². The standard InChI is InChI=1S/C26H23NO5/c1-17-7-3-5-9-21(17)25(29)32-20-13-11-18(12-14-20)15-23(26(30)31-2)27-16-19-8-4-6-10-22(19)24(27)28/h3-14,23H,15-16H2,1-2H3/t23-/m1/s1. The van der Waals surface area contributed by atoms with Crippen LogP contribution in [0.1, 0.15) is 37.4 Å². The highest BCUT2D eigenvalue weighted by atomic mass is 16.5. The lowest BCUT2D eigenvalue weighted by Gasteiger charge is -2.25. The quantitative estimate of drug-likeness (QED) is 0.438. The van der Waals surface area contributed by atoms with Crippen molar-refractivity contribution >= 4 is 17.8 Å². The summed E-state index contributed by atoms with van der Waals surface area (Å²) >= 11 is 0. The molecule has 0 saturated heterocycles. The summed E-state index contributed by atoms with van der Waals surface area (Å²) in [5, 5.41) is 0. The van der Waals surface area contributed by atoms with Crippen molar-refractivity contribution in [2.45, 2.75) is 25.9 Å². The molecule has 6 heteroatoms. The average molecular weight is 429 g/mol. The third-order valence-corrected chi connectivity index (χ3v) is 5.63. The van der Waals surface area contributed by atoms with Gasteiger partial charge >= 0.3 is 11.9 Å². The topological polar surface area (TPSA) is 72.9 Å². The molecule has 1 aliphatic rings. The highest BCUT2D eigenvalue weighted by Gasteiger charge is 2.36. The fourth-order valence-electron chi connectivity index (χ4n) is 3.87. The van der Waals surface area contributed by atoms with Crippen molar-refractivity contribution in [3.05, 3.63) is 101 Å². The maximum atomic E-state index is 12.8. The predicted octanol–water partition coefficient (Wildman–Crippen LogP) is 3.95. The molecule has 0 bridgehead atoms. The average Bonchev–Trinajstić information content (AvgIpc) is 3.14. The summed E-state index contributed by atoms with van der Waals surface area (Å²) in [6.45, 7) is 2.21. The Morgan fingerprint density at radius 3 is 2.34 bits per heavy atom. The summed E-state index contributed by atoms with van der Waals surface area (Å²) in [5.41, 5.74) is 3.67. The zero-order chi connectivity index (χ0) is 22.7. The third-order valence-electron chi connectivity index (χ3n) is 5.63. The number of ether oxygens (including phenoxy) is 2. The number of hydrogen-bond acceptors (Lipinski definition) is 5. The van der Waals surface area contributed by atoms with E-state index >= 15 is 0 Å². The predicted molar refractivity (Wildman–Crippen MR) is 118 cm³/mol. The van der Waals surface area contributed by atoms with Crippen LogP contribution in [0.4, 0.5) is 0 Å². The van der Waals surface area contributed by atoms with Gasteiger partial charge in [0.15, 0.2) is 0 Å². The molecule has 3 aromatic rings. The number of esters is 2. The Morgan fingerprint density at radius 1 is 0.969 bits per heavy atom. The Labute approximate surface area is 186 Å². The van der Waals surface area contributed by atoms with Gasteiger partial charge in [-0.25, -0.2) is 9.59 Å². The van der Waals surface area contributed by atoms with Crippen LogP contribution in [-0.2, 0) is 22.5 Å². The normalized spacial score (nSPS) is 13.4. The van der Waals surface area contributed by atoms with Gasteiger partial charge in [-0.2, -0.15) is 0 Å². The van der Waals surface area contributed by atoms with E-state index in [9.17, 15) is 14.4 Å². The molecule has 0 aromatic heterocycles. The van der Waals surface area contributed by atoms with Crippen molar-refractivity contribution in [2.75, 3.05) is 7.11 Å². The molecule has 6 nitrogen and oxygen atoms in total. The minimum Gasteiger partial charge on any atom is -0.467 e. The lowest BCUT2D eigenvalue weighted by molar-refractivity contribution is -0.146. The number of methoxy groups -OCH3 is 1. The first-order valence-corrected chi connectivity index (χ1v) is 10.3. The molecule has 1 amide bonds. The van der Waals surface area contributed by atoms with Crippen LogP contribution < -0.4 is 4.74 Å². The lowest BCUT2D eigenvalue weighted by atomic mass is 10.0. The number of rotatable bonds is 6. The molecule has 0 unspecified atom stereocenters. The van der Waals surface area contributed by atoms with Crippen LogP contribution in [0.5, 0.6) is 5.75 Å². The van der Waals surface area contributed by atoms with E-state index in [1.54, 1.807) is 47.4 Å². The van der Waals surface area contributed by atoms with Crippen LogP contribution >= 0.6 is 0 Å². The van der Waals surface area contributed by atoms with Crippen molar-refractivity contribution in [3.63, 3.8) is 0 Å². The number of aryl methyl sites for hydroxylation is 1. The molecule has 0 spiro atoms. The Bertz CT molecular complexity index is 1170. The zero-order valence-corrected chi connectivity index (χ0v) is 17.9. The van der Waals surface area contributed by atoms with Crippen LogP contribution in [0, 0.1) is 6.92 Å². The van der Waals surface area contributed by atoms with E-state index in [0.717, 1.165) is 16.7 Å². The highest BCUT2D eigenvalue weighted by Crippen LogP contribution is 2.27. The van der Waals surface area contributed by atoms with Gasteiger partial charge in [-0.3, -0.25) is 4.79 Å². The number of benzene rings is 3. The van der Waals surface area contributed by atoms with E-state index < -0.39 is 18.0 Å². The number of carbonyl (C=O) groups is 3. The van der Waals surface area contributed by atoms with Crippen LogP contribution in [-0.4, -0.2) is 35.9 Å². The molecule has 32 heavy (non-hydrogen) atoms. The smallest absolute Gasteiger partial charge is 0.343 e. The molecule has 1 heterocycles. The summed E-state index contributed by atoms with van der Waals surface area (Å²) in [5.74, 6) is -0.675. The van der Waals surface area contributed by atoms with Crippen molar-refractivity contribution in [3.8, 4) is 5.75 Å². The summed E-state index contributed by atoms with van der Waals surface area (Å²) in [6.07, 6.45) is 0.290. The van der Waals surface area contributed by atoms with E-state index in [0.29, 0.717) is 29.8 Å². The van der Waals surface area contributed by atoms with Crippen molar-refractivity contribution in [1.29, 1.82) is 0 Å². The van der Waals surface area contributed by atoms with Gasteiger partial charge in [0.1, 0.15) is 11.8 Å². The first-order chi connectivity index (χ1) is 15.5. The maximum Gasteiger partial charge on any atom is 0.343 e. The minimum absolute atomic E-state index is 0.181. The van der Waals surface area contributed by atoms with Crippen LogP contribution in [0.15, 0.2) is 72.8 Å². The van der Waals surface area contributed by atoms with Gasteiger partial charge in [0, 0.05) is 18.5 Å². The van der Waals surface area contributed by atoms with Crippen molar-refractivity contribution in [2.24, 2.45) is 0 Å². The molecule has 1 aliphatic heterocycles. The summed E-state index contributed by atoms with van der Waals surface area (Å²) in [6, 6.07) is 20.7. The molecule has 3 aromatic carbocycles. The molecule has 1 atom stereocenters. The second-order valence-electron chi connectivity index (χ2n) is 7.68. The van der Waals surface area contributed by atoms with Gasteiger partial charge in [0.05, 0.1) is 12.7 Å². The lowest BCUT2D eigenvalue weighted by Crippen LogP contribution is -2.43. The van der Waals surface area contributed by atoms with E-state index in [1.165, 1.54) is 7.11 Å². The molecule has 0 radical (unpaired) electrons. The number of carbonyl (C=O) groups excluding carboxylic acids is 3. The number of amides is 1. The number of fused-ring (bicyclic) bond motifs is 1. The van der Waals surface area contributed by atoms with Gasteiger partial charge in [0.2, 0.25) is 0 Å². The first-order valence-electron chi connectivity index (χ1n) is 10.3. The fraction of sp³-hybridized carbons (Fsp3) is 0.192. The van der Waals surface area contributed by atoms with E-state index in [4.69, 9.17) is 9.47 Å². The van der Waals surface area contributed by atoms with Crippen molar-refractivity contribution < 1.29 is 23.9 Å². The van der Waals surface area contributed by atoms with Crippen LogP contribution in [0.3, 0.4) is 0 Å². The van der Waals surface area contributed by atoms with E-state index in [-0.39, 0.29) is 5.91 Å². The molecule has 0 fully saturated rings. The first kappa shape index (κ1) is 21.3. The summed E-state index contributed by atoms with van der Waals surface area (Å²) in [7, 11) is 1.32. The molecule has 0 saturated carbocycles. The van der Waals surface area contributed by atoms with Gasteiger partial charge in [-0.15, -0.1) is 0 Å². The third kappa shape index (κ3) is 4.25. The molecular weight excluding hydrogens is 406 g/mol. The second-order valence-corrected chi connectivity index (χ2v) is 7.68. The maximum absolute atomic E-state index is 12.8. The SMILES string of the molecule is COC(=O)[C@@H](Cc1ccc(OC(=O)c2ccccc2C)cc1)N1Cc2ccccc2C1=O. The summed E-state index contributed by atoms with van der Waals surface area (Å²) in [4.78, 5) is 39.3. The Morgan fingerprint density at radius 2 is 1.66 bits per heavy atom. The monoisotopic (exact) mass is 429 g/mol. The van der Waals surface area contributed by atoms with Gasteiger partial charge in [-0.05, 0) is 47.9 Å². The van der Waals surface area contributed by atoms with Crippen LogP contribution in [0.2, 0.25) is 0 Å². The Hall–Kier alpha value is -3.93. The van der Waals surface area contributed by atoms with Gasteiger partial charge in [0.25, 0.3) is 5.91 Å². The minimum atomic E-state index is -0.750. The highest BCUT2D eigenvalue weighted by molar-refractivity contribution is 6.00. The van der Waals surface area contributed by atoms with E-state index in [2.05, 4.69) is 0 Å². The van der Waals surface area contributed by atoms with Crippen molar-refractivity contribution in [1.82, 2.24) is 4.90 Å². The summed E-state index contributed by atoms with van der Waals surface area (Å²) < 4.78 is 10.5. The second kappa shape index (κ2) is 9.06. The molecular formula is C26H23NO5. The zero-order valence-electron chi connectivity index (χ0n) is 17.9. The molecule has 162 valence electrons. The van der Waals surface area contributed by atoms with E-state index in [1.807, 2.05) is 37.3 Å². The molecule has 4 rings (SSSR count). The molecule has 0 aliphatic carbocycles. The largest absolute Gasteiger partial charge is 0.467 e. The number of hydrogen-bond donors (Lipinski definition) is 0. The number of nitrogens with zero attached hydrogens (tertiary/aromatic N) is 1. The van der Waals surface area contributed by atoms with Gasteiger partial charge in [-0.1, -0.05) is 48.5 Å².